The second kappa shape index (κ2) is 8.89. The molecule has 144 valence electrons. The van der Waals surface area contributed by atoms with Crippen LogP contribution in [0.25, 0.3) is 10.8 Å². The molecule has 1 heterocycles. The van der Waals surface area contributed by atoms with Crippen LogP contribution in [0.5, 0.6) is 5.75 Å². The van der Waals surface area contributed by atoms with Crippen molar-refractivity contribution < 1.29 is 22.7 Å². The molecule has 8 heteroatoms. The number of hydrogen-bond acceptors (Lipinski definition) is 6. The SMILES string of the molecule is COC(=O)c1sccc1S(=O)(=O)NCC#CCOc1cccc2ccccc12. The number of carbonyl (C=O) groups excluding carboxylic acids is 1. The topological polar surface area (TPSA) is 81.7 Å². The lowest BCUT2D eigenvalue weighted by Gasteiger charge is -2.06. The van der Waals surface area contributed by atoms with Crippen molar-refractivity contribution in [3.63, 3.8) is 0 Å². The Labute approximate surface area is 167 Å². The van der Waals surface area contributed by atoms with Crippen LogP contribution in [-0.2, 0) is 14.8 Å². The summed E-state index contributed by atoms with van der Waals surface area (Å²) in [4.78, 5) is 11.6. The molecule has 0 amide bonds. The molecule has 0 saturated heterocycles. The Morgan fingerprint density at radius 3 is 2.71 bits per heavy atom. The highest BCUT2D eigenvalue weighted by Gasteiger charge is 2.23. The maximum atomic E-state index is 12.3. The van der Waals surface area contributed by atoms with Gasteiger partial charge < -0.3 is 9.47 Å². The van der Waals surface area contributed by atoms with Crippen molar-refractivity contribution in [3.05, 3.63) is 58.8 Å². The van der Waals surface area contributed by atoms with E-state index in [1.807, 2.05) is 42.5 Å². The third kappa shape index (κ3) is 4.51. The third-order valence-corrected chi connectivity index (χ3v) is 6.28. The van der Waals surface area contributed by atoms with Crippen LogP contribution in [0, 0.1) is 11.8 Å². The number of esters is 1. The minimum absolute atomic E-state index is 0.0299. The molecule has 0 aliphatic rings. The van der Waals surface area contributed by atoms with Crippen LogP contribution < -0.4 is 9.46 Å². The Kier molecular flexibility index (Phi) is 6.31. The molecule has 0 fully saturated rings. The average Bonchev–Trinajstić information content (AvgIpc) is 3.21. The van der Waals surface area contributed by atoms with Gasteiger partial charge in [0.2, 0.25) is 10.0 Å². The number of ether oxygens (including phenoxy) is 2. The largest absolute Gasteiger partial charge is 0.480 e. The lowest BCUT2D eigenvalue weighted by molar-refractivity contribution is 0.0602. The quantitative estimate of drug-likeness (QED) is 0.494. The van der Waals surface area contributed by atoms with E-state index in [1.54, 1.807) is 0 Å². The molecule has 0 unspecified atom stereocenters. The van der Waals surface area contributed by atoms with Crippen molar-refractivity contribution in [2.75, 3.05) is 20.3 Å². The maximum absolute atomic E-state index is 12.3. The van der Waals surface area contributed by atoms with Crippen LogP contribution in [0.3, 0.4) is 0 Å². The summed E-state index contributed by atoms with van der Waals surface area (Å²) < 4.78 is 37.3. The molecule has 0 saturated carbocycles. The highest BCUT2D eigenvalue weighted by molar-refractivity contribution is 7.89. The Morgan fingerprint density at radius 2 is 1.89 bits per heavy atom. The minimum Gasteiger partial charge on any atom is -0.480 e. The molecule has 0 radical (unpaired) electrons. The van der Waals surface area contributed by atoms with Gasteiger partial charge in [-0.25, -0.2) is 13.2 Å². The Morgan fingerprint density at radius 1 is 1.11 bits per heavy atom. The highest BCUT2D eigenvalue weighted by Crippen LogP contribution is 2.25. The molecule has 0 aliphatic carbocycles. The molecule has 28 heavy (non-hydrogen) atoms. The van der Waals surface area contributed by atoms with Crippen molar-refractivity contribution in [1.29, 1.82) is 0 Å². The number of fused-ring (bicyclic) bond motifs is 1. The normalized spacial score (nSPS) is 10.9. The van der Waals surface area contributed by atoms with E-state index in [-0.39, 0.29) is 22.9 Å². The standard InChI is InChI=1S/C20H17NO5S2/c1-25-20(22)19-18(11-14-27-19)28(23,24)21-12-4-5-13-26-17-10-6-8-15-7-2-3-9-16(15)17/h2-3,6-11,14,21H,12-13H2,1H3. The average molecular weight is 415 g/mol. The Balaban J connectivity index is 1.58. The van der Waals surface area contributed by atoms with Gasteiger partial charge >= 0.3 is 5.97 Å². The molecule has 3 rings (SSSR count). The zero-order valence-corrected chi connectivity index (χ0v) is 16.6. The summed E-state index contributed by atoms with van der Waals surface area (Å²) in [6.45, 7) is 0.0271. The van der Waals surface area contributed by atoms with Crippen LogP contribution in [0.1, 0.15) is 9.67 Å². The molecule has 0 aliphatic heterocycles. The molecular formula is C20H17NO5S2. The predicted molar refractivity (Wildman–Crippen MR) is 108 cm³/mol. The lowest BCUT2D eigenvalue weighted by atomic mass is 10.1. The van der Waals surface area contributed by atoms with Crippen molar-refractivity contribution in [3.8, 4) is 17.6 Å². The van der Waals surface area contributed by atoms with Gasteiger partial charge in [0.05, 0.1) is 13.7 Å². The molecule has 0 spiro atoms. The second-order valence-electron chi connectivity index (χ2n) is 5.55. The van der Waals surface area contributed by atoms with Gasteiger partial charge in [0.1, 0.15) is 22.1 Å². The van der Waals surface area contributed by atoms with Crippen molar-refractivity contribution in [2.45, 2.75) is 4.90 Å². The number of sulfonamides is 1. The third-order valence-electron chi connectivity index (χ3n) is 3.81. The minimum atomic E-state index is -3.85. The van der Waals surface area contributed by atoms with Gasteiger partial charge in [-0.3, -0.25) is 0 Å². The van der Waals surface area contributed by atoms with Crippen molar-refractivity contribution in [1.82, 2.24) is 4.72 Å². The number of methoxy groups -OCH3 is 1. The summed E-state index contributed by atoms with van der Waals surface area (Å²) in [5.41, 5.74) is 0. The fourth-order valence-electron chi connectivity index (χ4n) is 2.51. The van der Waals surface area contributed by atoms with Gasteiger partial charge in [-0.2, -0.15) is 4.72 Å². The molecule has 3 aromatic rings. The van der Waals surface area contributed by atoms with Crippen molar-refractivity contribution >= 4 is 38.1 Å². The summed E-state index contributed by atoms with van der Waals surface area (Å²) in [5, 5.41) is 3.57. The molecule has 0 atom stereocenters. The maximum Gasteiger partial charge on any atom is 0.349 e. The first-order chi connectivity index (χ1) is 13.5. The highest BCUT2D eigenvalue weighted by atomic mass is 32.2. The van der Waals surface area contributed by atoms with Crippen LogP contribution in [0.4, 0.5) is 0 Å². The number of carbonyl (C=O) groups is 1. The smallest absolute Gasteiger partial charge is 0.349 e. The van der Waals surface area contributed by atoms with E-state index in [1.165, 1.54) is 18.6 Å². The van der Waals surface area contributed by atoms with Crippen LogP contribution in [0.2, 0.25) is 0 Å². The van der Waals surface area contributed by atoms with Crippen LogP contribution in [-0.4, -0.2) is 34.6 Å². The summed E-state index contributed by atoms with van der Waals surface area (Å²) in [7, 11) is -2.65. The number of thiophene rings is 1. The van der Waals surface area contributed by atoms with E-state index in [2.05, 4.69) is 21.3 Å². The first-order valence-electron chi connectivity index (χ1n) is 8.24. The predicted octanol–water partition coefficient (Wildman–Crippen LogP) is 3.05. The van der Waals surface area contributed by atoms with Gasteiger partial charge in [0.15, 0.2) is 0 Å². The summed E-state index contributed by atoms with van der Waals surface area (Å²) in [6, 6.07) is 15.0. The molecule has 1 N–H and O–H groups in total. The zero-order chi connectivity index (χ0) is 20.0. The van der Waals surface area contributed by atoms with Gasteiger partial charge in [0, 0.05) is 5.39 Å². The van der Waals surface area contributed by atoms with Gasteiger partial charge in [0.25, 0.3) is 0 Å². The number of hydrogen-bond donors (Lipinski definition) is 1. The van der Waals surface area contributed by atoms with E-state index in [0.717, 1.165) is 22.1 Å². The van der Waals surface area contributed by atoms with E-state index < -0.39 is 16.0 Å². The number of rotatable bonds is 6. The van der Waals surface area contributed by atoms with E-state index in [9.17, 15) is 13.2 Å². The fraction of sp³-hybridized carbons (Fsp3) is 0.150. The van der Waals surface area contributed by atoms with Crippen LogP contribution in [0.15, 0.2) is 58.8 Å². The fourth-order valence-corrected chi connectivity index (χ4v) is 4.76. The molecule has 0 bridgehead atoms. The molecular weight excluding hydrogens is 398 g/mol. The van der Waals surface area contributed by atoms with E-state index in [4.69, 9.17) is 4.74 Å². The molecule has 6 nitrogen and oxygen atoms in total. The summed E-state index contributed by atoms with van der Waals surface area (Å²) in [6.07, 6.45) is 0. The monoisotopic (exact) mass is 415 g/mol. The number of benzene rings is 2. The number of nitrogens with one attached hydrogen (secondary N) is 1. The summed E-state index contributed by atoms with van der Waals surface area (Å²) >= 11 is 1.01. The van der Waals surface area contributed by atoms with Gasteiger partial charge in [-0.1, -0.05) is 48.2 Å². The van der Waals surface area contributed by atoms with Crippen LogP contribution >= 0.6 is 11.3 Å². The first-order valence-corrected chi connectivity index (χ1v) is 10.6. The Bertz CT molecular complexity index is 1150. The second-order valence-corrected chi connectivity index (χ2v) is 8.20. The van der Waals surface area contributed by atoms with Crippen molar-refractivity contribution in [2.24, 2.45) is 0 Å². The zero-order valence-electron chi connectivity index (χ0n) is 15.0. The van der Waals surface area contributed by atoms with E-state index >= 15 is 0 Å². The van der Waals surface area contributed by atoms with Gasteiger partial charge in [-0.05, 0) is 22.9 Å². The lowest BCUT2D eigenvalue weighted by Crippen LogP contribution is -2.25. The summed E-state index contributed by atoms with van der Waals surface area (Å²) in [5.74, 6) is 5.51. The molecule has 2 aromatic carbocycles. The van der Waals surface area contributed by atoms with Gasteiger partial charge in [-0.15, -0.1) is 11.3 Å². The Hall–Kier alpha value is -2.86. The van der Waals surface area contributed by atoms with E-state index in [0.29, 0.717) is 5.75 Å². The molecule has 1 aromatic heterocycles. The first kappa shape index (κ1) is 19.9.